The molecule has 7 rings (SSSR count). The molecule has 1 saturated heterocycles. The van der Waals surface area contributed by atoms with E-state index < -0.39 is 0 Å². The lowest BCUT2D eigenvalue weighted by Gasteiger charge is -2.14. The minimum absolute atomic E-state index is 0.460. The summed E-state index contributed by atoms with van der Waals surface area (Å²) in [5.74, 6) is 0.460. The van der Waals surface area contributed by atoms with Gasteiger partial charge in [-0.3, -0.25) is 9.58 Å². The maximum absolute atomic E-state index is 6.41. The number of rotatable bonds is 6. The molecule has 0 aliphatic carbocycles. The number of likely N-dealkylation sites (tertiary alicyclic amines) is 1. The van der Waals surface area contributed by atoms with Crippen LogP contribution in [0, 0.1) is 0 Å². The van der Waals surface area contributed by atoms with E-state index in [1.165, 1.54) is 43.4 Å². The number of anilines is 1. The molecule has 1 aliphatic heterocycles. The van der Waals surface area contributed by atoms with E-state index in [-0.39, 0.29) is 0 Å². The first-order chi connectivity index (χ1) is 18.7. The first kappa shape index (κ1) is 22.7. The van der Waals surface area contributed by atoms with Gasteiger partial charge in [-0.15, -0.1) is 0 Å². The summed E-state index contributed by atoms with van der Waals surface area (Å²) in [4.78, 5) is 6.82. The van der Waals surface area contributed by atoms with E-state index in [9.17, 15) is 0 Å². The third-order valence-corrected chi connectivity index (χ3v) is 7.49. The normalized spacial score (nSPS) is 14.1. The molecule has 0 amide bonds. The highest BCUT2D eigenvalue weighted by molar-refractivity contribution is 5.94. The van der Waals surface area contributed by atoms with E-state index in [1.807, 2.05) is 15.3 Å². The van der Waals surface area contributed by atoms with Crippen LogP contribution in [0.25, 0.3) is 38.8 Å². The maximum Gasteiger partial charge on any atom is 0.152 e. The van der Waals surface area contributed by atoms with Crippen molar-refractivity contribution in [3.05, 3.63) is 103 Å². The molecular formula is C31H29N7. The summed E-state index contributed by atoms with van der Waals surface area (Å²) in [5, 5.41) is 10.5. The van der Waals surface area contributed by atoms with E-state index in [1.54, 1.807) is 0 Å². The van der Waals surface area contributed by atoms with Gasteiger partial charge in [0.1, 0.15) is 11.8 Å². The number of hydrogen-bond donors (Lipinski definition) is 1. The summed E-state index contributed by atoms with van der Waals surface area (Å²) in [7, 11) is 0. The van der Waals surface area contributed by atoms with Crippen molar-refractivity contribution in [1.29, 1.82) is 0 Å². The molecule has 1 aliphatic rings. The van der Waals surface area contributed by atoms with Crippen molar-refractivity contribution in [3.63, 3.8) is 0 Å². The van der Waals surface area contributed by atoms with Crippen LogP contribution in [0.2, 0.25) is 0 Å². The quantitative estimate of drug-likeness (QED) is 0.321. The molecule has 188 valence electrons. The second-order valence-corrected chi connectivity index (χ2v) is 10.1. The van der Waals surface area contributed by atoms with Crippen molar-refractivity contribution >= 4 is 22.2 Å². The van der Waals surface area contributed by atoms with Crippen LogP contribution < -0.4 is 5.73 Å². The third kappa shape index (κ3) is 4.21. The molecular weight excluding hydrogens is 470 g/mol. The van der Waals surface area contributed by atoms with Crippen LogP contribution in [0.5, 0.6) is 0 Å². The highest BCUT2D eigenvalue weighted by Gasteiger charge is 2.18. The predicted octanol–water partition coefficient (Wildman–Crippen LogP) is 5.64. The van der Waals surface area contributed by atoms with Crippen LogP contribution in [0.4, 0.5) is 5.82 Å². The molecule has 7 heteroatoms. The number of hydrogen-bond acceptors (Lipinski definition) is 5. The van der Waals surface area contributed by atoms with Crippen LogP contribution >= 0.6 is 0 Å². The van der Waals surface area contributed by atoms with E-state index in [2.05, 4.69) is 94.0 Å². The Balaban J connectivity index is 1.25. The first-order valence-electron chi connectivity index (χ1n) is 13.2. The van der Waals surface area contributed by atoms with Gasteiger partial charge in [0, 0.05) is 29.3 Å². The first-order valence-corrected chi connectivity index (χ1v) is 13.2. The van der Waals surface area contributed by atoms with Gasteiger partial charge in [-0.1, -0.05) is 66.7 Å². The molecule has 1 fully saturated rings. The van der Waals surface area contributed by atoms with E-state index in [4.69, 9.17) is 10.8 Å². The lowest BCUT2D eigenvalue weighted by atomic mass is 10.0. The molecule has 2 N–H and O–H groups in total. The molecule has 3 aromatic carbocycles. The summed E-state index contributed by atoms with van der Waals surface area (Å²) in [6, 6.07) is 27.7. The Hall–Kier alpha value is -4.49. The standard InChI is InChI=1S/C31H29N7/c32-31-30-27(25-12-13-26-20-37(35-28(26)16-25)19-22-6-2-1-3-7-22)17-29(38(30)34-21-33-31)24-10-8-23(9-11-24)18-36-14-4-5-15-36/h1-3,6-13,16-17,20-21H,4-5,14-15,18-19H2,(H2,32,33,34). The van der Waals surface area contributed by atoms with Crippen molar-refractivity contribution in [2.75, 3.05) is 18.8 Å². The molecule has 0 unspecified atom stereocenters. The zero-order valence-electron chi connectivity index (χ0n) is 21.2. The van der Waals surface area contributed by atoms with Crippen LogP contribution in [-0.2, 0) is 13.1 Å². The largest absolute Gasteiger partial charge is 0.382 e. The van der Waals surface area contributed by atoms with Crippen LogP contribution in [0.3, 0.4) is 0 Å². The summed E-state index contributed by atoms with van der Waals surface area (Å²) in [6.45, 7) is 4.13. The highest BCUT2D eigenvalue weighted by atomic mass is 15.3. The van der Waals surface area contributed by atoms with Crippen molar-refractivity contribution < 1.29 is 0 Å². The van der Waals surface area contributed by atoms with Crippen LogP contribution in [0.15, 0.2) is 91.4 Å². The maximum atomic E-state index is 6.41. The van der Waals surface area contributed by atoms with E-state index in [0.29, 0.717) is 5.82 Å². The Morgan fingerprint density at radius 2 is 1.55 bits per heavy atom. The third-order valence-electron chi connectivity index (χ3n) is 7.49. The van der Waals surface area contributed by atoms with Gasteiger partial charge in [-0.25, -0.2) is 9.50 Å². The zero-order chi connectivity index (χ0) is 25.5. The van der Waals surface area contributed by atoms with Crippen molar-refractivity contribution in [3.8, 4) is 22.4 Å². The van der Waals surface area contributed by atoms with E-state index in [0.717, 1.165) is 51.9 Å². The Labute approximate surface area is 221 Å². The SMILES string of the molecule is Nc1ncnn2c(-c3ccc(CN4CCCC4)cc3)cc(-c3ccc4cn(Cc5ccccc5)nc4c3)c12. The Morgan fingerprint density at radius 1 is 0.789 bits per heavy atom. The fourth-order valence-electron chi connectivity index (χ4n) is 5.56. The summed E-state index contributed by atoms with van der Waals surface area (Å²) >= 11 is 0. The van der Waals surface area contributed by atoms with Crippen molar-refractivity contribution in [1.82, 2.24) is 29.3 Å². The van der Waals surface area contributed by atoms with E-state index >= 15 is 0 Å². The summed E-state index contributed by atoms with van der Waals surface area (Å²) in [6.07, 6.45) is 6.22. The van der Waals surface area contributed by atoms with Crippen LogP contribution in [0.1, 0.15) is 24.0 Å². The van der Waals surface area contributed by atoms with Gasteiger partial charge in [-0.05, 0) is 54.8 Å². The Bertz CT molecular complexity index is 1730. The fraction of sp³-hybridized carbons (Fsp3) is 0.194. The molecule has 3 aromatic heterocycles. The van der Waals surface area contributed by atoms with Gasteiger partial charge in [0.2, 0.25) is 0 Å². The van der Waals surface area contributed by atoms with Gasteiger partial charge in [0.05, 0.1) is 17.8 Å². The van der Waals surface area contributed by atoms with Crippen LogP contribution in [-0.4, -0.2) is 42.4 Å². The Morgan fingerprint density at radius 3 is 2.37 bits per heavy atom. The molecule has 4 heterocycles. The second-order valence-electron chi connectivity index (χ2n) is 10.1. The van der Waals surface area contributed by atoms with Gasteiger partial charge >= 0.3 is 0 Å². The second kappa shape index (κ2) is 9.43. The minimum atomic E-state index is 0.460. The highest BCUT2D eigenvalue weighted by Crippen LogP contribution is 2.36. The number of nitrogens with two attached hydrogens (primary N) is 1. The lowest BCUT2D eigenvalue weighted by Crippen LogP contribution is -2.18. The predicted molar refractivity (Wildman–Crippen MR) is 152 cm³/mol. The lowest BCUT2D eigenvalue weighted by molar-refractivity contribution is 0.331. The molecule has 6 aromatic rings. The number of aromatic nitrogens is 5. The summed E-state index contributed by atoms with van der Waals surface area (Å²) < 4.78 is 3.90. The molecule has 0 radical (unpaired) electrons. The topological polar surface area (TPSA) is 77.3 Å². The molecule has 0 atom stereocenters. The average Bonchev–Trinajstić information content (AvgIpc) is 3.68. The molecule has 0 bridgehead atoms. The number of nitrogen functional groups attached to an aromatic ring is 1. The van der Waals surface area contributed by atoms with Gasteiger partial charge < -0.3 is 5.73 Å². The summed E-state index contributed by atoms with van der Waals surface area (Å²) in [5.41, 5.74) is 14.9. The molecule has 38 heavy (non-hydrogen) atoms. The van der Waals surface area contributed by atoms with Crippen molar-refractivity contribution in [2.24, 2.45) is 0 Å². The molecule has 0 saturated carbocycles. The fourth-order valence-corrected chi connectivity index (χ4v) is 5.56. The van der Waals surface area contributed by atoms with Gasteiger partial charge in [0.25, 0.3) is 0 Å². The smallest absolute Gasteiger partial charge is 0.152 e. The number of nitrogens with zero attached hydrogens (tertiary/aromatic N) is 6. The number of benzene rings is 3. The average molecular weight is 500 g/mol. The Kier molecular flexibility index (Phi) is 5.63. The zero-order valence-corrected chi connectivity index (χ0v) is 21.2. The van der Waals surface area contributed by atoms with Gasteiger partial charge in [-0.2, -0.15) is 10.2 Å². The van der Waals surface area contributed by atoms with Crippen molar-refractivity contribution in [2.45, 2.75) is 25.9 Å². The monoisotopic (exact) mass is 499 g/mol. The molecule has 0 spiro atoms. The molecule has 7 nitrogen and oxygen atoms in total. The van der Waals surface area contributed by atoms with Gasteiger partial charge in [0.15, 0.2) is 5.82 Å². The minimum Gasteiger partial charge on any atom is -0.382 e. The number of fused-ring (bicyclic) bond motifs is 2.